The van der Waals surface area contributed by atoms with E-state index < -0.39 is 23.9 Å². The lowest BCUT2D eigenvalue weighted by molar-refractivity contribution is 0.0635. The molecule has 0 bridgehead atoms. The zero-order valence-electron chi connectivity index (χ0n) is 13.5. The molecule has 2 amide bonds. The van der Waals surface area contributed by atoms with Crippen molar-refractivity contribution in [2.45, 2.75) is 45.3 Å². The highest BCUT2D eigenvalue weighted by Gasteiger charge is 2.17. The summed E-state index contributed by atoms with van der Waals surface area (Å²) >= 11 is 0. The average molecular weight is 325 g/mol. The van der Waals surface area contributed by atoms with Gasteiger partial charge in [-0.15, -0.1) is 0 Å². The van der Waals surface area contributed by atoms with Crippen molar-refractivity contribution in [2.24, 2.45) is 5.73 Å². The molecule has 128 valence electrons. The number of ether oxygens (including phenoxy) is 2. The van der Waals surface area contributed by atoms with Crippen LogP contribution in [0.4, 0.5) is 15.4 Å². The normalized spacial score (nSPS) is 12.3. The van der Waals surface area contributed by atoms with Crippen molar-refractivity contribution in [3.63, 3.8) is 0 Å². The second kappa shape index (κ2) is 8.33. The van der Waals surface area contributed by atoms with Gasteiger partial charge in [0.1, 0.15) is 11.4 Å². The number of aliphatic hydroxyl groups excluding tert-OH is 1. The molecule has 0 radical (unpaired) electrons. The van der Waals surface area contributed by atoms with Crippen LogP contribution in [0.5, 0.6) is 0 Å². The summed E-state index contributed by atoms with van der Waals surface area (Å²) in [7, 11) is 0. The van der Waals surface area contributed by atoms with E-state index >= 15 is 0 Å². The van der Waals surface area contributed by atoms with Crippen LogP contribution in [0, 0.1) is 0 Å². The molecule has 1 atom stereocenters. The van der Waals surface area contributed by atoms with Gasteiger partial charge >= 0.3 is 12.2 Å². The summed E-state index contributed by atoms with van der Waals surface area (Å²) in [6, 6.07) is 3.20. The molecule has 0 fully saturated rings. The summed E-state index contributed by atoms with van der Waals surface area (Å²) < 4.78 is 9.72. The van der Waals surface area contributed by atoms with E-state index in [0.717, 1.165) is 0 Å². The fraction of sp³-hybridized carbons (Fsp3) is 0.533. The molecule has 0 spiro atoms. The summed E-state index contributed by atoms with van der Waals surface area (Å²) in [4.78, 5) is 26.1. The quantitative estimate of drug-likeness (QED) is 0.690. The fourth-order valence-corrected chi connectivity index (χ4v) is 1.75. The third kappa shape index (κ3) is 8.01. The summed E-state index contributed by atoms with van der Waals surface area (Å²) in [6.45, 7) is 5.41. The molecular weight excluding hydrogens is 302 g/mol. The Hall–Kier alpha value is -2.35. The Balaban J connectivity index is 2.55. The number of aliphatic hydroxyl groups is 1. The lowest BCUT2D eigenvalue weighted by Crippen LogP contribution is -2.27. The highest BCUT2D eigenvalue weighted by Crippen LogP contribution is 2.20. The van der Waals surface area contributed by atoms with Crippen LogP contribution in [-0.2, 0) is 9.47 Å². The first kappa shape index (κ1) is 18.7. The van der Waals surface area contributed by atoms with Crippen molar-refractivity contribution < 1.29 is 24.2 Å². The van der Waals surface area contributed by atoms with Gasteiger partial charge < -0.3 is 20.3 Å². The van der Waals surface area contributed by atoms with Crippen LogP contribution >= 0.6 is 0 Å². The van der Waals surface area contributed by atoms with Gasteiger partial charge in [-0.1, -0.05) is 0 Å². The van der Waals surface area contributed by atoms with Crippen LogP contribution in [0.1, 0.15) is 45.3 Å². The molecule has 0 saturated carbocycles. The van der Waals surface area contributed by atoms with Gasteiger partial charge in [-0.25, -0.2) is 14.6 Å². The first-order chi connectivity index (χ1) is 10.7. The van der Waals surface area contributed by atoms with Gasteiger partial charge in [-0.2, -0.15) is 0 Å². The molecular formula is C15H23N3O5. The van der Waals surface area contributed by atoms with Gasteiger partial charge in [-0.05, 0) is 51.3 Å². The van der Waals surface area contributed by atoms with E-state index in [-0.39, 0.29) is 12.4 Å². The van der Waals surface area contributed by atoms with Crippen LogP contribution in [0.2, 0.25) is 0 Å². The Labute approximate surface area is 135 Å². The zero-order chi connectivity index (χ0) is 17.5. The summed E-state index contributed by atoms with van der Waals surface area (Å²) in [6.07, 6.45) is 0.0858. The van der Waals surface area contributed by atoms with Gasteiger partial charge in [0.15, 0.2) is 0 Å². The topological polar surface area (TPSA) is 124 Å². The summed E-state index contributed by atoms with van der Waals surface area (Å²) in [5, 5.41) is 12.6. The number of nitrogens with one attached hydrogen (secondary N) is 1. The predicted molar refractivity (Wildman–Crippen MR) is 83.8 cm³/mol. The van der Waals surface area contributed by atoms with Crippen molar-refractivity contribution in [1.29, 1.82) is 0 Å². The number of pyridine rings is 1. The lowest BCUT2D eigenvalue weighted by atomic mass is 10.1. The number of hydrogen-bond donors (Lipinski definition) is 3. The molecule has 0 aliphatic carbocycles. The third-order valence-corrected chi connectivity index (χ3v) is 2.66. The average Bonchev–Trinajstić information content (AvgIpc) is 2.41. The first-order valence-corrected chi connectivity index (χ1v) is 7.23. The molecule has 0 aliphatic heterocycles. The second-order valence-electron chi connectivity index (χ2n) is 5.93. The molecule has 23 heavy (non-hydrogen) atoms. The fourth-order valence-electron chi connectivity index (χ4n) is 1.75. The van der Waals surface area contributed by atoms with Crippen LogP contribution in [-0.4, -0.2) is 34.5 Å². The van der Waals surface area contributed by atoms with E-state index in [1.165, 1.54) is 6.20 Å². The molecule has 1 unspecified atom stereocenters. The van der Waals surface area contributed by atoms with Crippen LogP contribution in [0.25, 0.3) is 0 Å². The highest BCUT2D eigenvalue weighted by molar-refractivity contribution is 5.83. The van der Waals surface area contributed by atoms with Gasteiger partial charge in [0.05, 0.1) is 12.7 Å². The molecule has 0 saturated heterocycles. The number of nitrogens with zero attached hydrogens (tertiary/aromatic N) is 1. The molecule has 4 N–H and O–H groups in total. The van der Waals surface area contributed by atoms with Crippen molar-refractivity contribution in [2.75, 3.05) is 11.9 Å². The van der Waals surface area contributed by atoms with Crippen molar-refractivity contribution in [3.05, 3.63) is 23.9 Å². The number of anilines is 1. The molecule has 8 heteroatoms. The number of amides is 2. The van der Waals surface area contributed by atoms with Crippen molar-refractivity contribution in [3.8, 4) is 0 Å². The number of nitrogens with two attached hydrogens (primary N) is 1. The number of carbonyl (C=O) groups excluding carboxylic acids is 2. The number of hydrogen-bond acceptors (Lipinski definition) is 6. The van der Waals surface area contributed by atoms with E-state index in [1.807, 2.05) is 0 Å². The van der Waals surface area contributed by atoms with Gasteiger partial charge in [0.25, 0.3) is 0 Å². The maximum absolute atomic E-state index is 11.7. The Bertz CT molecular complexity index is 542. The standard InChI is InChI=1S/C15H23N3O5/c1-15(2,3)23-14(21)18-12-9-10(6-7-17-12)11(19)5-4-8-22-13(16)20/h6-7,9,11,19H,4-5,8H2,1-3H3,(H2,16,20)(H,17,18,21). The van der Waals surface area contributed by atoms with Gasteiger partial charge in [0, 0.05) is 6.20 Å². The maximum Gasteiger partial charge on any atom is 0.413 e. The second-order valence-corrected chi connectivity index (χ2v) is 5.93. The van der Waals surface area contributed by atoms with E-state index in [2.05, 4.69) is 15.0 Å². The third-order valence-electron chi connectivity index (χ3n) is 2.66. The Kier molecular flexibility index (Phi) is 6.77. The maximum atomic E-state index is 11.7. The van der Waals surface area contributed by atoms with E-state index in [1.54, 1.807) is 32.9 Å². The SMILES string of the molecule is CC(C)(C)OC(=O)Nc1cc(C(O)CCCOC(N)=O)ccn1. The molecule has 8 nitrogen and oxygen atoms in total. The van der Waals surface area contributed by atoms with Gasteiger partial charge in [-0.3, -0.25) is 5.32 Å². The number of carbonyl (C=O) groups is 2. The van der Waals surface area contributed by atoms with Crippen LogP contribution < -0.4 is 11.1 Å². The molecule has 1 aromatic rings. The zero-order valence-corrected chi connectivity index (χ0v) is 13.5. The number of rotatable bonds is 6. The Morgan fingerprint density at radius 1 is 1.43 bits per heavy atom. The first-order valence-electron chi connectivity index (χ1n) is 7.23. The van der Waals surface area contributed by atoms with E-state index in [9.17, 15) is 14.7 Å². The Morgan fingerprint density at radius 3 is 2.74 bits per heavy atom. The largest absolute Gasteiger partial charge is 0.450 e. The van der Waals surface area contributed by atoms with E-state index in [0.29, 0.717) is 18.4 Å². The highest BCUT2D eigenvalue weighted by atomic mass is 16.6. The molecule has 1 heterocycles. The number of primary amides is 1. The monoisotopic (exact) mass is 325 g/mol. The molecule has 1 aromatic heterocycles. The molecule has 0 aromatic carbocycles. The van der Waals surface area contributed by atoms with E-state index in [4.69, 9.17) is 10.5 Å². The minimum absolute atomic E-state index is 0.139. The molecule has 0 aliphatic rings. The lowest BCUT2D eigenvalue weighted by Gasteiger charge is -2.19. The predicted octanol–water partition coefficient (Wildman–Crippen LogP) is 2.34. The van der Waals surface area contributed by atoms with Crippen molar-refractivity contribution in [1.82, 2.24) is 4.98 Å². The van der Waals surface area contributed by atoms with Crippen LogP contribution in [0.15, 0.2) is 18.3 Å². The summed E-state index contributed by atoms with van der Waals surface area (Å²) in [5.41, 5.74) is 4.82. The summed E-state index contributed by atoms with van der Waals surface area (Å²) in [5.74, 6) is 0.282. The van der Waals surface area contributed by atoms with Crippen LogP contribution in [0.3, 0.4) is 0 Å². The van der Waals surface area contributed by atoms with Gasteiger partial charge in [0.2, 0.25) is 0 Å². The smallest absolute Gasteiger partial charge is 0.413 e. The minimum atomic E-state index is -0.841. The minimum Gasteiger partial charge on any atom is -0.450 e. The number of aromatic nitrogens is 1. The molecule has 1 rings (SSSR count). The Morgan fingerprint density at radius 2 is 2.13 bits per heavy atom. The van der Waals surface area contributed by atoms with Crippen molar-refractivity contribution >= 4 is 18.0 Å².